The van der Waals surface area contributed by atoms with E-state index in [1.165, 1.54) is 12.4 Å². The van der Waals surface area contributed by atoms with Crippen molar-refractivity contribution in [1.82, 2.24) is 15.3 Å². The molecular weight excluding hydrogens is 368 g/mol. The number of hydrogen-bond donors (Lipinski definition) is 1. The van der Waals surface area contributed by atoms with Gasteiger partial charge in [-0.2, -0.15) is 0 Å². The van der Waals surface area contributed by atoms with Crippen molar-refractivity contribution in [2.75, 3.05) is 6.61 Å². The number of ether oxygens (including phenoxy) is 1. The second-order valence-electron chi connectivity index (χ2n) is 6.39. The van der Waals surface area contributed by atoms with Gasteiger partial charge in [-0.15, -0.1) is 0 Å². The average molecular weight is 391 g/mol. The number of carbonyl (C=O) groups excluding carboxylic acids is 2. The summed E-state index contributed by atoms with van der Waals surface area (Å²) in [5, 5.41) is 2.85. The fraction of sp³-hybridized carbons (Fsp3) is 0.400. The van der Waals surface area contributed by atoms with Crippen molar-refractivity contribution >= 4 is 11.7 Å². The van der Waals surface area contributed by atoms with Crippen LogP contribution in [0.15, 0.2) is 30.6 Å². The van der Waals surface area contributed by atoms with E-state index in [-0.39, 0.29) is 30.0 Å². The summed E-state index contributed by atoms with van der Waals surface area (Å²) in [6.45, 7) is 4.55. The van der Waals surface area contributed by atoms with Crippen molar-refractivity contribution in [3.8, 4) is 5.88 Å². The summed E-state index contributed by atoms with van der Waals surface area (Å²) >= 11 is 0. The van der Waals surface area contributed by atoms with Crippen LogP contribution < -0.4 is 10.1 Å². The third kappa shape index (κ3) is 6.07. The zero-order chi connectivity index (χ0) is 20.7. The summed E-state index contributed by atoms with van der Waals surface area (Å²) in [4.78, 5) is 32.3. The number of nitrogens with one attached hydrogen (secondary N) is 1. The monoisotopic (exact) mass is 391 g/mol. The summed E-state index contributed by atoms with van der Waals surface area (Å²) in [5.74, 6) is -0.119. The summed E-state index contributed by atoms with van der Waals surface area (Å²) < 4.78 is 29.5. The molecule has 1 atom stereocenters. The molecule has 2 heterocycles. The van der Waals surface area contributed by atoms with Crippen molar-refractivity contribution in [1.29, 1.82) is 0 Å². The van der Waals surface area contributed by atoms with E-state index in [2.05, 4.69) is 15.3 Å². The number of Topliss-reactive ketones (excluding diaryl/α,β-unsaturated/α-hetero) is 1. The fourth-order valence-corrected chi connectivity index (χ4v) is 2.52. The second-order valence-corrected chi connectivity index (χ2v) is 6.39. The van der Waals surface area contributed by atoms with Crippen molar-refractivity contribution in [2.24, 2.45) is 0 Å². The molecule has 0 aromatic carbocycles. The molecule has 0 aliphatic rings. The molecule has 2 aromatic heterocycles. The minimum absolute atomic E-state index is 0.0501. The largest absolute Gasteiger partial charge is 0.471 e. The topological polar surface area (TPSA) is 81.2 Å². The Morgan fingerprint density at radius 3 is 2.64 bits per heavy atom. The lowest BCUT2D eigenvalue weighted by Crippen LogP contribution is -2.27. The first kappa shape index (κ1) is 21.4. The van der Waals surface area contributed by atoms with Crippen LogP contribution in [-0.2, 0) is 11.2 Å². The van der Waals surface area contributed by atoms with Crippen LogP contribution >= 0.6 is 0 Å². The molecule has 0 spiro atoms. The van der Waals surface area contributed by atoms with Gasteiger partial charge in [0.1, 0.15) is 5.78 Å². The van der Waals surface area contributed by atoms with Crippen LogP contribution in [0, 0.1) is 6.92 Å². The summed E-state index contributed by atoms with van der Waals surface area (Å²) in [5.41, 5.74) is 2.27. The van der Waals surface area contributed by atoms with Crippen LogP contribution in [0.4, 0.5) is 8.78 Å². The molecule has 1 N–H and O–H groups in total. The van der Waals surface area contributed by atoms with Crippen LogP contribution in [0.5, 0.6) is 5.88 Å². The van der Waals surface area contributed by atoms with E-state index in [0.29, 0.717) is 28.8 Å². The first-order valence-electron chi connectivity index (χ1n) is 8.95. The van der Waals surface area contributed by atoms with Gasteiger partial charge in [-0.05, 0) is 37.6 Å². The molecule has 0 bridgehead atoms. The molecule has 2 aromatic rings. The van der Waals surface area contributed by atoms with Gasteiger partial charge in [0, 0.05) is 42.1 Å². The van der Waals surface area contributed by atoms with Gasteiger partial charge in [0.05, 0.1) is 6.04 Å². The smallest absolute Gasteiger partial charge is 0.272 e. The maximum atomic E-state index is 12.5. The number of rotatable bonds is 9. The number of hydrogen-bond acceptors (Lipinski definition) is 5. The lowest BCUT2D eigenvalue weighted by Gasteiger charge is -2.16. The highest BCUT2D eigenvalue weighted by Crippen LogP contribution is 2.20. The first-order valence-corrected chi connectivity index (χ1v) is 8.95. The summed E-state index contributed by atoms with van der Waals surface area (Å²) in [6.07, 6.45) is 1.02. The number of alkyl halides is 2. The summed E-state index contributed by atoms with van der Waals surface area (Å²) in [7, 11) is 0. The van der Waals surface area contributed by atoms with E-state index in [4.69, 9.17) is 4.74 Å². The zero-order valence-electron chi connectivity index (χ0n) is 16.0. The highest BCUT2D eigenvalue weighted by Gasteiger charge is 2.15. The maximum absolute atomic E-state index is 12.5. The molecule has 0 fully saturated rings. The van der Waals surface area contributed by atoms with Crippen molar-refractivity contribution in [2.45, 2.75) is 46.1 Å². The van der Waals surface area contributed by atoms with E-state index in [1.54, 1.807) is 39.0 Å². The zero-order valence-corrected chi connectivity index (χ0v) is 16.0. The Bertz CT molecular complexity index is 843. The van der Waals surface area contributed by atoms with E-state index in [0.717, 1.165) is 0 Å². The van der Waals surface area contributed by atoms with Gasteiger partial charge in [0.15, 0.2) is 6.61 Å². The van der Waals surface area contributed by atoms with Crippen molar-refractivity contribution in [3.05, 3.63) is 53.0 Å². The van der Waals surface area contributed by atoms with Crippen molar-refractivity contribution < 1.29 is 23.1 Å². The molecule has 1 unspecified atom stereocenters. The molecule has 0 radical (unpaired) electrons. The highest BCUT2D eigenvalue weighted by molar-refractivity contribution is 5.94. The molecule has 28 heavy (non-hydrogen) atoms. The molecule has 0 aliphatic heterocycles. The molecule has 0 aliphatic carbocycles. The predicted octanol–water partition coefficient (Wildman–Crippen LogP) is 3.44. The summed E-state index contributed by atoms with van der Waals surface area (Å²) in [6, 6.07) is 4.54. The molecular formula is C20H23F2N3O3. The Hall–Kier alpha value is -2.90. The predicted molar refractivity (Wildman–Crippen MR) is 99.6 cm³/mol. The number of aromatic nitrogens is 2. The highest BCUT2D eigenvalue weighted by atomic mass is 19.3. The lowest BCUT2D eigenvalue weighted by molar-refractivity contribution is -0.118. The molecule has 2 rings (SSSR count). The standard InChI is InChI=1S/C20H23F2N3O3/c1-4-17(26)9-16-8-14(5-6-23-16)19(27)25-13(3)15-7-12(2)20(24-10-15)28-11-18(21)22/h5-8,10,13,18H,4,9,11H2,1-3H3,(H,25,27). The third-order valence-electron chi connectivity index (χ3n) is 4.10. The number of carbonyl (C=O) groups is 2. The molecule has 0 saturated carbocycles. The van der Waals surface area contributed by atoms with Gasteiger partial charge in [-0.3, -0.25) is 14.6 Å². The third-order valence-corrected chi connectivity index (χ3v) is 4.10. The van der Waals surface area contributed by atoms with Gasteiger partial charge in [0.2, 0.25) is 5.88 Å². The van der Waals surface area contributed by atoms with Gasteiger partial charge in [-0.1, -0.05) is 6.92 Å². The molecule has 6 nitrogen and oxygen atoms in total. The number of pyridine rings is 2. The average Bonchev–Trinajstić information content (AvgIpc) is 2.66. The molecule has 1 amide bonds. The van der Waals surface area contributed by atoms with Crippen LogP contribution in [0.3, 0.4) is 0 Å². The van der Waals surface area contributed by atoms with Crippen LogP contribution in [0.1, 0.15) is 53.5 Å². The number of aryl methyl sites for hydroxylation is 1. The van der Waals surface area contributed by atoms with Gasteiger partial charge in [-0.25, -0.2) is 13.8 Å². The Morgan fingerprint density at radius 2 is 2.00 bits per heavy atom. The molecule has 0 saturated heterocycles. The molecule has 8 heteroatoms. The molecule has 150 valence electrons. The lowest BCUT2D eigenvalue weighted by atomic mass is 10.1. The van der Waals surface area contributed by atoms with Crippen LogP contribution in [-0.4, -0.2) is 34.7 Å². The minimum atomic E-state index is -2.57. The first-order chi connectivity index (χ1) is 13.3. The number of nitrogens with zero attached hydrogens (tertiary/aromatic N) is 2. The quantitative estimate of drug-likeness (QED) is 0.708. The van der Waals surface area contributed by atoms with E-state index < -0.39 is 13.0 Å². The van der Waals surface area contributed by atoms with E-state index >= 15 is 0 Å². The minimum Gasteiger partial charge on any atom is -0.471 e. The Labute approximate surface area is 162 Å². The van der Waals surface area contributed by atoms with E-state index in [9.17, 15) is 18.4 Å². The van der Waals surface area contributed by atoms with Gasteiger partial charge >= 0.3 is 0 Å². The Morgan fingerprint density at radius 1 is 1.25 bits per heavy atom. The van der Waals surface area contributed by atoms with Crippen molar-refractivity contribution in [3.63, 3.8) is 0 Å². The van der Waals surface area contributed by atoms with Crippen LogP contribution in [0.2, 0.25) is 0 Å². The number of halogens is 2. The maximum Gasteiger partial charge on any atom is 0.272 e. The van der Waals surface area contributed by atoms with Crippen LogP contribution in [0.25, 0.3) is 0 Å². The van der Waals surface area contributed by atoms with Gasteiger partial charge < -0.3 is 10.1 Å². The second kappa shape index (κ2) is 9.87. The normalized spacial score (nSPS) is 11.9. The number of amides is 1. The Balaban J connectivity index is 2.05. The number of ketones is 1. The van der Waals surface area contributed by atoms with E-state index in [1.807, 2.05) is 0 Å². The Kier molecular flexibility index (Phi) is 7.54. The SMILES string of the molecule is CCC(=O)Cc1cc(C(=O)NC(C)c2cnc(OCC(F)F)c(C)c2)ccn1. The fourth-order valence-electron chi connectivity index (χ4n) is 2.52. The van der Waals surface area contributed by atoms with Gasteiger partial charge in [0.25, 0.3) is 12.3 Å².